The van der Waals surface area contributed by atoms with Gasteiger partial charge >= 0.3 is 0 Å². The highest BCUT2D eigenvalue weighted by atomic mass is 79.9. The monoisotopic (exact) mass is 708 g/mol. The van der Waals surface area contributed by atoms with Crippen LogP contribution in [0.1, 0.15) is 36.2 Å². The second kappa shape index (κ2) is 15.9. The van der Waals surface area contributed by atoms with Gasteiger partial charge in [-0.2, -0.15) is 20.5 Å². The number of nitro benzene ring substituents is 2. The summed E-state index contributed by atoms with van der Waals surface area (Å²) in [6.07, 6.45) is 1.16. The summed E-state index contributed by atoms with van der Waals surface area (Å²) >= 11 is 7.10. The molecule has 0 spiro atoms. The van der Waals surface area contributed by atoms with E-state index < -0.39 is 9.85 Å². The van der Waals surface area contributed by atoms with Gasteiger partial charge in [0.15, 0.2) is 0 Å². The predicted molar refractivity (Wildman–Crippen MR) is 171 cm³/mol. The molecule has 11 nitrogen and oxygen atoms in total. The Labute approximate surface area is 264 Å². The fourth-order valence-electron chi connectivity index (χ4n) is 4.05. The van der Waals surface area contributed by atoms with Gasteiger partial charge in [0.2, 0.25) is 0 Å². The van der Waals surface area contributed by atoms with Crippen LogP contribution < -0.4 is 0 Å². The minimum atomic E-state index is -0.457. The van der Waals surface area contributed by atoms with Crippen LogP contribution in [0.5, 0.6) is 0 Å². The van der Waals surface area contributed by atoms with Crippen LogP contribution in [0, 0.1) is 20.2 Å². The maximum absolute atomic E-state index is 10.8. The summed E-state index contributed by atoms with van der Waals surface area (Å²) in [5.41, 5.74) is 4.34. The van der Waals surface area contributed by atoms with Crippen LogP contribution in [0.3, 0.4) is 0 Å². The molecule has 0 aromatic heterocycles. The summed E-state index contributed by atoms with van der Waals surface area (Å²) in [4.78, 5) is 20.7. The lowest BCUT2D eigenvalue weighted by Crippen LogP contribution is -2.12. The molecule has 4 aromatic rings. The van der Waals surface area contributed by atoms with Crippen molar-refractivity contribution in [1.29, 1.82) is 0 Å². The van der Waals surface area contributed by atoms with Crippen molar-refractivity contribution in [3.8, 4) is 0 Å². The number of nitro groups is 2. The standard InChI is InChI=1S/C30H26Br2N6O5/c31-19-17-29(21-1-5-23(6-2-21)33-35-25-9-13-27(14-10-25)37(39)40)43-30(18-20-32)22-3-7-24(8-4-22)34-36-26-11-15-28(16-12-26)38(41)42/h1-16,29-30H,17-20H2. The molecule has 0 saturated heterocycles. The summed E-state index contributed by atoms with van der Waals surface area (Å²) in [5.74, 6) is 0. The largest absolute Gasteiger partial charge is 0.366 e. The number of rotatable bonds is 14. The molecule has 220 valence electrons. The molecule has 43 heavy (non-hydrogen) atoms. The summed E-state index contributed by atoms with van der Waals surface area (Å²) < 4.78 is 6.62. The van der Waals surface area contributed by atoms with Gasteiger partial charge in [-0.05, 0) is 72.5 Å². The van der Waals surface area contributed by atoms with Crippen molar-refractivity contribution < 1.29 is 14.6 Å². The van der Waals surface area contributed by atoms with E-state index >= 15 is 0 Å². The first-order valence-corrected chi connectivity index (χ1v) is 15.4. The fraction of sp³-hybridized carbons (Fsp3) is 0.200. The van der Waals surface area contributed by atoms with Crippen molar-refractivity contribution in [3.63, 3.8) is 0 Å². The molecular formula is C30H26Br2N6O5. The average molecular weight is 710 g/mol. The van der Waals surface area contributed by atoms with Crippen LogP contribution in [-0.2, 0) is 4.74 Å². The van der Waals surface area contributed by atoms with Gasteiger partial charge in [-0.3, -0.25) is 20.2 Å². The summed E-state index contributed by atoms with van der Waals surface area (Å²) in [6, 6.07) is 27.1. The minimum Gasteiger partial charge on any atom is -0.366 e. The van der Waals surface area contributed by atoms with E-state index in [0.29, 0.717) is 22.7 Å². The van der Waals surface area contributed by atoms with Crippen LogP contribution >= 0.6 is 31.9 Å². The minimum absolute atomic E-state index is 0.000451. The first-order valence-electron chi connectivity index (χ1n) is 13.2. The fourth-order valence-corrected chi connectivity index (χ4v) is 4.88. The Bertz CT molecular complexity index is 1450. The Kier molecular flexibility index (Phi) is 11.7. The molecule has 0 radical (unpaired) electrons. The Morgan fingerprint density at radius 2 is 0.814 bits per heavy atom. The van der Waals surface area contributed by atoms with Crippen LogP contribution in [0.2, 0.25) is 0 Å². The molecule has 0 N–H and O–H groups in total. The second-order valence-electron chi connectivity index (χ2n) is 9.20. The third-order valence-corrected chi connectivity index (χ3v) is 7.20. The van der Waals surface area contributed by atoms with Crippen LogP contribution in [-0.4, -0.2) is 20.5 Å². The molecule has 4 rings (SSSR count). The highest BCUT2D eigenvalue weighted by Gasteiger charge is 2.20. The van der Waals surface area contributed by atoms with Crippen LogP contribution in [0.4, 0.5) is 34.1 Å². The van der Waals surface area contributed by atoms with Crippen molar-refractivity contribution in [3.05, 3.63) is 128 Å². The number of hydrogen-bond donors (Lipinski definition) is 0. The van der Waals surface area contributed by atoms with Gasteiger partial charge in [-0.1, -0.05) is 56.1 Å². The lowest BCUT2D eigenvalue weighted by atomic mass is 10.0. The molecule has 0 aliphatic carbocycles. The van der Waals surface area contributed by atoms with E-state index in [0.717, 1.165) is 34.6 Å². The predicted octanol–water partition coefficient (Wildman–Crippen LogP) is 10.7. The number of non-ortho nitro benzene ring substituents is 2. The van der Waals surface area contributed by atoms with E-state index in [4.69, 9.17) is 4.74 Å². The molecule has 0 aliphatic heterocycles. The molecule has 2 unspecified atom stereocenters. The first kappa shape index (κ1) is 31.7. The Morgan fingerprint density at radius 1 is 0.535 bits per heavy atom. The van der Waals surface area contributed by atoms with E-state index in [1.807, 2.05) is 48.5 Å². The van der Waals surface area contributed by atoms with Gasteiger partial charge in [0.1, 0.15) is 0 Å². The van der Waals surface area contributed by atoms with Gasteiger partial charge < -0.3 is 4.74 Å². The molecule has 2 atom stereocenters. The molecule has 0 aliphatic rings. The van der Waals surface area contributed by atoms with Gasteiger partial charge in [-0.25, -0.2) is 0 Å². The van der Waals surface area contributed by atoms with E-state index in [9.17, 15) is 20.2 Å². The molecular weight excluding hydrogens is 684 g/mol. The van der Waals surface area contributed by atoms with E-state index in [-0.39, 0.29) is 23.6 Å². The van der Waals surface area contributed by atoms with Crippen molar-refractivity contribution in [2.24, 2.45) is 20.5 Å². The number of nitrogens with zero attached hydrogens (tertiary/aromatic N) is 6. The molecule has 4 aromatic carbocycles. The molecule has 0 heterocycles. The lowest BCUT2D eigenvalue weighted by molar-refractivity contribution is -0.385. The number of ether oxygens (including phenoxy) is 1. The molecule has 13 heteroatoms. The third kappa shape index (κ3) is 9.40. The molecule has 0 bridgehead atoms. The van der Waals surface area contributed by atoms with Crippen molar-refractivity contribution >= 4 is 66.0 Å². The van der Waals surface area contributed by atoms with Gasteiger partial charge in [0.05, 0.1) is 44.8 Å². The topological polar surface area (TPSA) is 145 Å². The molecule has 0 saturated carbocycles. The quantitative estimate of drug-likeness (QED) is 0.0553. The highest BCUT2D eigenvalue weighted by molar-refractivity contribution is 9.09. The second-order valence-corrected chi connectivity index (χ2v) is 10.8. The number of halogens is 2. The number of azo groups is 2. The van der Waals surface area contributed by atoms with E-state index in [1.54, 1.807) is 24.3 Å². The Hall–Kier alpha value is -4.20. The molecule has 0 amide bonds. The Morgan fingerprint density at radius 3 is 1.07 bits per heavy atom. The maximum atomic E-state index is 10.8. The van der Waals surface area contributed by atoms with Gasteiger partial charge in [0.25, 0.3) is 11.4 Å². The maximum Gasteiger partial charge on any atom is 0.269 e. The zero-order valence-corrected chi connectivity index (χ0v) is 25.9. The van der Waals surface area contributed by atoms with Gasteiger partial charge in [0, 0.05) is 34.9 Å². The zero-order valence-electron chi connectivity index (χ0n) is 22.7. The van der Waals surface area contributed by atoms with E-state index in [2.05, 4.69) is 52.3 Å². The smallest absolute Gasteiger partial charge is 0.269 e. The highest BCUT2D eigenvalue weighted by Crippen LogP contribution is 2.34. The average Bonchev–Trinajstić information content (AvgIpc) is 3.03. The summed E-state index contributed by atoms with van der Waals surface area (Å²) in [6.45, 7) is 0. The number of hydrogen-bond acceptors (Lipinski definition) is 9. The number of alkyl halides is 2. The van der Waals surface area contributed by atoms with Gasteiger partial charge in [-0.15, -0.1) is 0 Å². The first-order chi connectivity index (χ1) is 20.9. The zero-order chi connectivity index (χ0) is 30.6. The van der Waals surface area contributed by atoms with Crippen molar-refractivity contribution in [1.82, 2.24) is 0 Å². The van der Waals surface area contributed by atoms with Crippen molar-refractivity contribution in [2.45, 2.75) is 25.0 Å². The SMILES string of the molecule is O=[N+]([O-])c1ccc(N=Nc2ccc(C(CCBr)OC(CCBr)c3ccc(N=Nc4ccc([N+](=O)[O-])cc4)cc3)cc2)cc1. The summed E-state index contributed by atoms with van der Waals surface area (Å²) in [7, 11) is 0. The third-order valence-electron chi connectivity index (χ3n) is 6.28. The molecule has 0 fully saturated rings. The Balaban J connectivity index is 1.42. The van der Waals surface area contributed by atoms with Crippen LogP contribution in [0.25, 0.3) is 0 Å². The van der Waals surface area contributed by atoms with Crippen molar-refractivity contribution in [2.75, 3.05) is 10.7 Å². The normalized spacial score (nSPS) is 12.9. The van der Waals surface area contributed by atoms with Crippen LogP contribution in [0.15, 0.2) is 118 Å². The lowest BCUT2D eigenvalue weighted by Gasteiger charge is -2.25. The van der Waals surface area contributed by atoms with E-state index in [1.165, 1.54) is 24.3 Å². The number of benzene rings is 4. The summed E-state index contributed by atoms with van der Waals surface area (Å²) in [5, 5.41) is 40.0.